The molecular formula is C14H29NO2. The van der Waals surface area contributed by atoms with Gasteiger partial charge in [0.15, 0.2) is 0 Å². The van der Waals surface area contributed by atoms with E-state index in [1.54, 1.807) is 7.11 Å². The van der Waals surface area contributed by atoms with Crippen molar-refractivity contribution in [1.82, 2.24) is 5.32 Å². The predicted molar refractivity (Wildman–Crippen MR) is 71.3 cm³/mol. The standard InChI is InChI=1S/C14H29NO2/c1-11-6-7-12(15-4)13(10-11)17-9-8-14(2,3)16-5/h11-13,15H,6-10H2,1-5H3. The third kappa shape index (κ3) is 4.94. The van der Waals surface area contributed by atoms with Crippen LogP contribution in [0.1, 0.15) is 46.5 Å². The third-order valence-electron chi connectivity index (χ3n) is 4.01. The summed E-state index contributed by atoms with van der Waals surface area (Å²) >= 11 is 0. The summed E-state index contributed by atoms with van der Waals surface area (Å²) in [6.07, 6.45) is 5.05. The number of methoxy groups -OCH3 is 1. The van der Waals surface area contributed by atoms with Crippen molar-refractivity contribution in [3.8, 4) is 0 Å². The predicted octanol–water partition coefficient (Wildman–Crippen LogP) is 2.59. The van der Waals surface area contributed by atoms with Crippen LogP contribution >= 0.6 is 0 Å². The second-order valence-electron chi connectivity index (χ2n) is 5.94. The van der Waals surface area contributed by atoms with Crippen molar-refractivity contribution < 1.29 is 9.47 Å². The molecule has 0 radical (unpaired) electrons. The van der Waals surface area contributed by atoms with Gasteiger partial charge in [-0.1, -0.05) is 6.92 Å². The Morgan fingerprint density at radius 2 is 2.00 bits per heavy atom. The lowest BCUT2D eigenvalue weighted by atomic mass is 9.85. The summed E-state index contributed by atoms with van der Waals surface area (Å²) in [6, 6.07) is 0.525. The second-order valence-corrected chi connectivity index (χ2v) is 5.94. The van der Waals surface area contributed by atoms with Crippen LogP contribution in [0, 0.1) is 5.92 Å². The molecule has 0 saturated heterocycles. The fourth-order valence-electron chi connectivity index (χ4n) is 2.40. The summed E-state index contributed by atoms with van der Waals surface area (Å²) in [6.45, 7) is 7.32. The number of nitrogens with one attached hydrogen (secondary N) is 1. The molecule has 17 heavy (non-hydrogen) atoms. The molecule has 0 aromatic carbocycles. The van der Waals surface area contributed by atoms with Gasteiger partial charge in [-0.05, 0) is 52.5 Å². The van der Waals surface area contributed by atoms with Crippen LogP contribution in [0.4, 0.5) is 0 Å². The van der Waals surface area contributed by atoms with E-state index >= 15 is 0 Å². The maximum atomic E-state index is 6.05. The van der Waals surface area contributed by atoms with Gasteiger partial charge in [0.2, 0.25) is 0 Å². The zero-order valence-corrected chi connectivity index (χ0v) is 12.1. The topological polar surface area (TPSA) is 30.5 Å². The molecule has 0 aromatic heterocycles. The largest absolute Gasteiger partial charge is 0.379 e. The Labute approximate surface area is 106 Å². The molecule has 1 saturated carbocycles. The molecule has 3 atom stereocenters. The minimum absolute atomic E-state index is 0.0740. The highest BCUT2D eigenvalue weighted by molar-refractivity contribution is 4.83. The van der Waals surface area contributed by atoms with Gasteiger partial charge in [-0.15, -0.1) is 0 Å². The first-order valence-electron chi connectivity index (χ1n) is 6.82. The van der Waals surface area contributed by atoms with Gasteiger partial charge < -0.3 is 14.8 Å². The molecular weight excluding hydrogens is 214 g/mol. The van der Waals surface area contributed by atoms with Crippen LogP contribution in [0.15, 0.2) is 0 Å². The van der Waals surface area contributed by atoms with Crippen LogP contribution < -0.4 is 5.32 Å². The van der Waals surface area contributed by atoms with Crippen molar-refractivity contribution in [2.24, 2.45) is 5.92 Å². The molecule has 0 bridgehead atoms. The minimum atomic E-state index is -0.0740. The number of ether oxygens (including phenoxy) is 2. The molecule has 1 N–H and O–H groups in total. The van der Waals surface area contributed by atoms with Gasteiger partial charge in [-0.2, -0.15) is 0 Å². The van der Waals surface area contributed by atoms with Gasteiger partial charge in [-0.3, -0.25) is 0 Å². The Morgan fingerprint density at radius 1 is 1.29 bits per heavy atom. The Kier molecular flexibility index (Phi) is 5.90. The zero-order valence-electron chi connectivity index (χ0n) is 12.1. The SMILES string of the molecule is CNC1CCC(C)CC1OCCC(C)(C)OC. The molecule has 1 fully saturated rings. The Bertz CT molecular complexity index is 218. The molecule has 102 valence electrons. The normalized spacial score (nSPS) is 30.5. The molecule has 0 amide bonds. The Hall–Kier alpha value is -0.120. The van der Waals surface area contributed by atoms with Crippen molar-refractivity contribution >= 4 is 0 Å². The number of hydrogen-bond acceptors (Lipinski definition) is 3. The Morgan fingerprint density at radius 3 is 2.59 bits per heavy atom. The molecule has 3 heteroatoms. The average Bonchev–Trinajstić information content (AvgIpc) is 2.29. The number of rotatable bonds is 6. The molecule has 0 aromatic rings. The molecule has 1 aliphatic carbocycles. The summed E-state index contributed by atoms with van der Waals surface area (Å²) in [5.74, 6) is 0.792. The van der Waals surface area contributed by atoms with E-state index in [1.165, 1.54) is 19.3 Å². The summed E-state index contributed by atoms with van der Waals surface area (Å²) in [4.78, 5) is 0. The third-order valence-corrected chi connectivity index (χ3v) is 4.01. The molecule has 0 aliphatic heterocycles. The summed E-state index contributed by atoms with van der Waals surface area (Å²) in [5, 5.41) is 3.38. The van der Waals surface area contributed by atoms with E-state index in [2.05, 4.69) is 26.1 Å². The van der Waals surface area contributed by atoms with E-state index < -0.39 is 0 Å². The van der Waals surface area contributed by atoms with Crippen molar-refractivity contribution in [2.75, 3.05) is 20.8 Å². The van der Waals surface area contributed by atoms with Crippen LogP contribution in [0.2, 0.25) is 0 Å². The number of likely N-dealkylation sites (N-methyl/N-ethyl adjacent to an activating group) is 1. The van der Waals surface area contributed by atoms with Crippen LogP contribution in [0.3, 0.4) is 0 Å². The van der Waals surface area contributed by atoms with Crippen LogP contribution in [0.5, 0.6) is 0 Å². The van der Waals surface area contributed by atoms with Gasteiger partial charge >= 0.3 is 0 Å². The van der Waals surface area contributed by atoms with Crippen LogP contribution in [-0.2, 0) is 9.47 Å². The van der Waals surface area contributed by atoms with Gasteiger partial charge in [-0.25, -0.2) is 0 Å². The highest BCUT2D eigenvalue weighted by Crippen LogP contribution is 2.26. The smallest absolute Gasteiger partial charge is 0.0730 e. The van der Waals surface area contributed by atoms with Crippen molar-refractivity contribution in [2.45, 2.75) is 64.2 Å². The van der Waals surface area contributed by atoms with E-state index in [9.17, 15) is 0 Å². The zero-order chi connectivity index (χ0) is 12.9. The van der Waals surface area contributed by atoms with E-state index in [-0.39, 0.29) is 5.60 Å². The van der Waals surface area contributed by atoms with E-state index in [4.69, 9.17) is 9.47 Å². The van der Waals surface area contributed by atoms with Gasteiger partial charge in [0.1, 0.15) is 0 Å². The lowest BCUT2D eigenvalue weighted by Gasteiger charge is -2.35. The van der Waals surface area contributed by atoms with Gasteiger partial charge in [0.25, 0.3) is 0 Å². The van der Waals surface area contributed by atoms with Crippen molar-refractivity contribution in [3.05, 3.63) is 0 Å². The van der Waals surface area contributed by atoms with Crippen LogP contribution in [0.25, 0.3) is 0 Å². The lowest BCUT2D eigenvalue weighted by Crippen LogP contribution is -2.44. The summed E-state index contributed by atoms with van der Waals surface area (Å²) in [7, 11) is 3.80. The second kappa shape index (κ2) is 6.72. The lowest BCUT2D eigenvalue weighted by molar-refractivity contribution is -0.0477. The highest BCUT2D eigenvalue weighted by Gasteiger charge is 2.28. The Balaban J connectivity index is 2.33. The van der Waals surface area contributed by atoms with E-state index in [1.807, 2.05) is 7.05 Å². The monoisotopic (exact) mass is 243 g/mol. The van der Waals surface area contributed by atoms with Gasteiger partial charge in [0, 0.05) is 19.8 Å². The summed E-state index contributed by atoms with van der Waals surface area (Å²) < 4.78 is 11.5. The fourth-order valence-corrected chi connectivity index (χ4v) is 2.40. The van der Waals surface area contributed by atoms with E-state index in [0.29, 0.717) is 12.1 Å². The highest BCUT2D eigenvalue weighted by atomic mass is 16.5. The number of hydrogen-bond donors (Lipinski definition) is 1. The first-order valence-corrected chi connectivity index (χ1v) is 6.82. The van der Waals surface area contributed by atoms with Crippen molar-refractivity contribution in [3.63, 3.8) is 0 Å². The van der Waals surface area contributed by atoms with Crippen molar-refractivity contribution in [1.29, 1.82) is 0 Å². The molecule has 1 aliphatic rings. The first kappa shape index (κ1) is 14.9. The molecule has 3 unspecified atom stereocenters. The molecule has 0 heterocycles. The maximum Gasteiger partial charge on any atom is 0.0730 e. The maximum absolute atomic E-state index is 6.05. The van der Waals surface area contributed by atoms with Gasteiger partial charge in [0.05, 0.1) is 11.7 Å². The first-order chi connectivity index (χ1) is 7.98. The summed E-state index contributed by atoms with van der Waals surface area (Å²) in [5.41, 5.74) is -0.0740. The molecule has 0 spiro atoms. The quantitative estimate of drug-likeness (QED) is 0.778. The minimum Gasteiger partial charge on any atom is -0.379 e. The average molecular weight is 243 g/mol. The van der Waals surface area contributed by atoms with E-state index in [0.717, 1.165) is 18.9 Å². The molecule has 1 rings (SSSR count). The van der Waals surface area contributed by atoms with Crippen LogP contribution in [-0.4, -0.2) is 38.5 Å². The molecule has 3 nitrogen and oxygen atoms in total. The fraction of sp³-hybridized carbons (Fsp3) is 1.00.